The number of rotatable bonds is 5. The molecule has 2 heterocycles. The van der Waals surface area contributed by atoms with Gasteiger partial charge in [-0.15, -0.1) is 0 Å². The van der Waals surface area contributed by atoms with Crippen LogP contribution in [-0.4, -0.2) is 46.8 Å². The number of ether oxygens (including phenoxy) is 1. The van der Waals surface area contributed by atoms with Crippen LogP contribution in [-0.2, 0) is 17.5 Å². The number of aromatic nitrogens is 2. The van der Waals surface area contributed by atoms with E-state index in [0.717, 1.165) is 10.4 Å². The largest absolute Gasteiger partial charge is 0.461 e. The Morgan fingerprint density at radius 1 is 1.26 bits per heavy atom. The van der Waals surface area contributed by atoms with Crippen molar-refractivity contribution in [2.24, 2.45) is 0 Å². The van der Waals surface area contributed by atoms with E-state index in [1.54, 1.807) is 46.5 Å². The molecule has 1 fully saturated rings. The van der Waals surface area contributed by atoms with Gasteiger partial charge in [0.15, 0.2) is 5.69 Å². The summed E-state index contributed by atoms with van der Waals surface area (Å²) in [6.07, 6.45) is -4.68. The molecule has 168 valence electrons. The highest BCUT2D eigenvalue weighted by atomic mass is 127. The molecule has 12 heteroatoms. The zero-order valence-corrected chi connectivity index (χ0v) is 20.0. The molecule has 0 aliphatic carbocycles. The number of carbonyl (C=O) groups excluding carboxylic acids is 1. The van der Waals surface area contributed by atoms with Gasteiger partial charge >= 0.3 is 6.18 Å². The summed E-state index contributed by atoms with van der Waals surface area (Å²) in [4.78, 5) is 16.3. The highest BCUT2D eigenvalue weighted by Gasteiger charge is 2.39. The van der Waals surface area contributed by atoms with E-state index in [9.17, 15) is 18.0 Å². The lowest BCUT2D eigenvalue weighted by atomic mass is 10.2. The van der Waals surface area contributed by atoms with Gasteiger partial charge in [0.2, 0.25) is 5.91 Å². The summed E-state index contributed by atoms with van der Waals surface area (Å²) >= 11 is 13.5. The van der Waals surface area contributed by atoms with Crippen LogP contribution in [0.4, 0.5) is 18.9 Å². The van der Waals surface area contributed by atoms with E-state index >= 15 is 0 Å². The predicted octanol–water partition coefficient (Wildman–Crippen LogP) is 5.07. The molecule has 1 amide bonds. The third kappa shape index (κ3) is 5.58. The van der Waals surface area contributed by atoms with Gasteiger partial charge in [0.05, 0.1) is 10.8 Å². The van der Waals surface area contributed by atoms with Crippen molar-refractivity contribution in [2.75, 3.05) is 31.1 Å². The van der Waals surface area contributed by atoms with Crippen LogP contribution in [0, 0.1) is 3.70 Å². The average molecular weight is 589 g/mol. The predicted molar refractivity (Wildman–Crippen MR) is 121 cm³/mol. The summed E-state index contributed by atoms with van der Waals surface area (Å²) in [6, 6.07) is 5.40. The molecule has 1 aromatic heterocycles. The molecule has 31 heavy (non-hydrogen) atoms. The van der Waals surface area contributed by atoms with Gasteiger partial charge < -0.3 is 14.5 Å². The maximum absolute atomic E-state index is 13.0. The Balaban J connectivity index is 1.64. The number of amides is 1. The first-order valence-electron chi connectivity index (χ1n) is 9.12. The van der Waals surface area contributed by atoms with E-state index in [-0.39, 0.29) is 16.2 Å². The minimum absolute atomic E-state index is 0.0739. The SMILES string of the molecule is C=C(C)Oc1cc(N2CCN(C(=O)Cn3nc(C(F)(F)F)c(Cl)c3I)CC2)ccc1Cl. The first-order valence-corrected chi connectivity index (χ1v) is 11.0. The maximum Gasteiger partial charge on any atom is 0.436 e. The Morgan fingerprint density at radius 3 is 2.45 bits per heavy atom. The Morgan fingerprint density at radius 2 is 1.90 bits per heavy atom. The number of allylic oxidation sites excluding steroid dienone is 1. The fourth-order valence-corrected chi connectivity index (χ4v) is 4.03. The van der Waals surface area contributed by atoms with Crippen LogP contribution >= 0.6 is 45.8 Å². The summed E-state index contributed by atoms with van der Waals surface area (Å²) in [6.45, 7) is 7.03. The molecule has 1 aliphatic rings. The fraction of sp³-hybridized carbons (Fsp3) is 0.368. The Hall–Kier alpha value is -1.66. The van der Waals surface area contributed by atoms with E-state index < -0.39 is 16.9 Å². The summed E-state index contributed by atoms with van der Waals surface area (Å²) in [5.74, 6) is 0.681. The molecule has 0 unspecified atom stereocenters. The van der Waals surface area contributed by atoms with Gasteiger partial charge in [-0.1, -0.05) is 29.8 Å². The maximum atomic E-state index is 13.0. The smallest absolute Gasteiger partial charge is 0.436 e. The number of carbonyl (C=O) groups is 1. The first kappa shape index (κ1) is 24.0. The lowest BCUT2D eigenvalue weighted by Crippen LogP contribution is -2.49. The van der Waals surface area contributed by atoms with Gasteiger partial charge in [-0.25, -0.2) is 4.68 Å². The number of halogens is 6. The standard InChI is InChI=1S/C19H18Cl2F3IN4O2/c1-11(2)31-14-9-12(3-4-13(14)20)27-5-7-28(8-6-27)15(30)10-29-18(25)16(21)17(26-29)19(22,23)24/h3-4,9H,1,5-8,10H2,2H3. The number of alkyl halides is 3. The van der Waals surface area contributed by atoms with Crippen LogP contribution in [0.5, 0.6) is 5.75 Å². The van der Waals surface area contributed by atoms with E-state index in [2.05, 4.69) is 16.6 Å². The van der Waals surface area contributed by atoms with Crippen molar-refractivity contribution >= 4 is 57.4 Å². The number of anilines is 1. The molecule has 6 nitrogen and oxygen atoms in total. The van der Waals surface area contributed by atoms with Crippen LogP contribution in [0.2, 0.25) is 10.0 Å². The van der Waals surface area contributed by atoms with Crippen LogP contribution in [0.25, 0.3) is 0 Å². The highest BCUT2D eigenvalue weighted by Crippen LogP contribution is 2.36. The third-order valence-electron chi connectivity index (χ3n) is 4.59. The molecule has 1 aliphatic heterocycles. The van der Waals surface area contributed by atoms with E-state index in [1.807, 2.05) is 6.07 Å². The minimum Gasteiger partial charge on any atom is -0.461 e. The summed E-state index contributed by atoms with van der Waals surface area (Å²) in [5, 5.41) is 3.45. The van der Waals surface area contributed by atoms with Gasteiger partial charge in [-0.05, 0) is 41.6 Å². The van der Waals surface area contributed by atoms with Crippen molar-refractivity contribution in [2.45, 2.75) is 19.6 Å². The molecule has 1 aromatic carbocycles. The second-order valence-electron chi connectivity index (χ2n) is 6.90. The van der Waals surface area contributed by atoms with E-state index in [4.69, 9.17) is 27.9 Å². The molecule has 0 atom stereocenters. The lowest BCUT2D eigenvalue weighted by Gasteiger charge is -2.36. The van der Waals surface area contributed by atoms with Gasteiger partial charge in [0, 0.05) is 37.9 Å². The fourth-order valence-electron chi connectivity index (χ4n) is 3.10. The molecule has 0 bridgehead atoms. The Bertz CT molecular complexity index is 1000. The molecule has 0 radical (unpaired) electrons. The monoisotopic (exact) mass is 588 g/mol. The number of nitrogens with zero attached hydrogens (tertiary/aromatic N) is 4. The van der Waals surface area contributed by atoms with Crippen molar-refractivity contribution in [3.8, 4) is 5.75 Å². The summed E-state index contributed by atoms with van der Waals surface area (Å²) < 4.78 is 45.5. The van der Waals surface area contributed by atoms with Gasteiger partial charge in [-0.2, -0.15) is 18.3 Å². The molecule has 0 N–H and O–H groups in total. The highest BCUT2D eigenvalue weighted by molar-refractivity contribution is 14.1. The van der Waals surface area contributed by atoms with Crippen molar-refractivity contribution in [1.82, 2.24) is 14.7 Å². The van der Waals surface area contributed by atoms with Crippen molar-refractivity contribution in [3.05, 3.63) is 50.0 Å². The summed E-state index contributed by atoms with van der Waals surface area (Å²) in [5.41, 5.74) is -0.303. The topological polar surface area (TPSA) is 50.6 Å². The van der Waals surface area contributed by atoms with Crippen molar-refractivity contribution in [3.63, 3.8) is 0 Å². The normalized spacial score (nSPS) is 14.7. The van der Waals surface area contributed by atoms with Crippen LogP contribution < -0.4 is 9.64 Å². The number of benzene rings is 1. The Kier molecular flexibility index (Phi) is 7.32. The quantitative estimate of drug-likeness (QED) is 0.361. The molecule has 1 saturated heterocycles. The van der Waals surface area contributed by atoms with Crippen LogP contribution in [0.3, 0.4) is 0 Å². The zero-order valence-electron chi connectivity index (χ0n) is 16.3. The summed E-state index contributed by atoms with van der Waals surface area (Å²) in [7, 11) is 0. The second-order valence-corrected chi connectivity index (χ2v) is 8.70. The lowest BCUT2D eigenvalue weighted by molar-refractivity contribution is -0.142. The molecular formula is C19H18Cl2F3IN4O2. The van der Waals surface area contributed by atoms with Gasteiger partial charge in [-0.3, -0.25) is 4.79 Å². The molecule has 0 spiro atoms. The van der Waals surface area contributed by atoms with Gasteiger partial charge in [0.1, 0.15) is 21.0 Å². The number of hydrogen-bond donors (Lipinski definition) is 0. The van der Waals surface area contributed by atoms with Crippen LogP contribution in [0.1, 0.15) is 12.6 Å². The molecule has 2 aromatic rings. The average Bonchev–Trinajstić information content (AvgIpc) is 2.98. The van der Waals surface area contributed by atoms with Gasteiger partial charge in [0.25, 0.3) is 0 Å². The van der Waals surface area contributed by atoms with Crippen molar-refractivity contribution < 1.29 is 22.7 Å². The first-order chi connectivity index (χ1) is 14.5. The van der Waals surface area contributed by atoms with Crippen molar-refractivity contribution in [1.29, 1.82) is 0 Å². The van der Waals surface area contributed by atoms with Crippen LogP contribution in [0.15, 0.2) is 30.5 Å². The molecular weight excluding hydrogens is 571 g/mol. The number of piperazine rings is 1. The van der Waals surface area contributed by atoms with E-state index in [1.165, 1.54) is 0 Å². The van der Waals surface area contributed by atoms with E-state index in [0.29, 0.717) is 42.7 Å². The third-order valence-corrected chi connectivity index (χ3v) is 6.67. The number of hydrogen-bond acceptors (Lipinski definition) is 4. The second kappa shape index (κ2) is 9.45. The minimum atomic E-state index is -4.68. The molecule has 0 saturated carbocycles. The molecule has 3 rings (SSSR count). The zero-order chi connectivity index (χ0) is 22.9. The Labute approximate surface area is 200 Å².